The van der Waals surface area contributed by atoms with Crippen LogP contribution in [0.1, 0.15) is 32.1 Å². The van der Waals surface area contributed by atoms with E-state index in [0.29, 0.717) is 33.0 Å². The van der Waals surface area contributed by atoms with Gasteiger partial charge in [0, 0.05) is 11.1 Å². The van der Waals surface area contributed by atoms with Gasteiger partial charge in [-0.25, -0.2) is 0 Å². The van der Waals surface area contributed by atoms with Gasteiger partial charge in [-0.05, 0) is 42.7 Å². The fourth-order valence-corrected chi connectivity index (χ4v) is 5.79. The second kappa shape index (κ2) is 7.39. The molecule has 156 valence electrons. The summed E-state index contributed by atoms with van der Waals surface area (Å²) in [6.07, 6.45) is 5.86. The molecule has 0 aliphatic heterocycles. The van der Waals surface area contributed by atoms with E-state index in [1.54, 1.807) is 4.40 Å². The van der Waals surface area contributed by atoms with Crippen molar-refractivity contribution in [1.29, 1.82) is 0 Å². The third kappa shape index (κ3) is 3.13. The maximum atomic E-state index is 13.8. The molecule has 1 aliphatic rings. The summed E-state index contributed by atoms with van der Waals surface area (Å²) in [6, 6.07) is 15.8. The molecule has 1 saturated carbocycles. The SMILES string of the molecule is O=c1c2c(-c3cccc(Cl)c3)c(NC3CCCCC3)oc2nc2sc3ccccc3n12. The van der Waals surface area contributed by atoms with Gasteiger partial charge in [-0.3, -0.25) is 9.20 Å². The van der Waals surface area contributed by atoms with Gasteiger partial charge in [-0.2, -0.15) is 4.98 Å². The molecule has 0 spiro atoms. The maximum absolute atomic E-state index is 13.8. The van der Waals surface area contributed by atoms with Crippen molar-refractivity contribution < 1.29 is 4.42 Å². The van der Waals surface area contributed by atoms with Gasteiger partial charge < -0.3 is 9.73 Å². The van der Waals surface area contributed by atoms with Gasteiger partial charge in [-0.1, -0.05) is 66.5 Å². The molecule has 7 heteroatoms. The van der Waals surface area contributed by atoms with E-state index in [9.17, 15) is 4.79 Å². The Morgan fingerprint density at radius 3 is 2.77 bits per heavy atom. The van der Waals surface area contributed by atoms with Gasteiger partial charge in [0.05, 0.1) is 15.8 Å². The number of hydrogen-bond acceptors (Lipinski definition) is 5. The molecular weight excluding hydrogens is 430 g/mol. The number of hydrogen-bond donors (Lipinski definition) is 1. The molecule has 3 heterocycles. The van der Waals surface area contributed by atoms with Crippen molar-refractivity contribution in [2.75, 3.05) is 5.32 Å². The first-order chi connectivity index (χ1) is 15.2. The van der Waals surface area contributed by atoms with Crippen molar-refractivity contribution in [3.8, 4) is 11.1 Å². The summed E-state index contributed by atoms with van der Waals surface area (Å²) in [5.74, 6) is 0.608. The molecule has 5 nitrogen and oxygen atoms in total. The lowest BCUT2D eigenvalue weighted by atomic mass is 9.95. The summed E-state index contributed by atoms with van der Waals surface area (Å²) >= 11 is 7.79. The molecule has 31 heavy (non-hydrogen) atoms. The van der Waals surface area contributed by atoms with Crippen LogP contribution >= 0.6 is 22.9 Å². The Morgan fingerprint density at radius 1 is 1.10 bits per heavy atom. The number of rotatable bonds is 3. The van der Waals surface area contributed by atoms with E-state index in [1.807, 2.05) is 48.5 Å². The molecule has 5 aromatic rings. The van der Waals surface area contributed by atoms with Crippen LogP contribution in [-0.2, 0) is 0 Å². The predicted octanol–water partition coefficient (Wildman–Crippen LogP) is 6.72. The summed E-state index contributed by atoms with van der Waals surface area (Å²) in [5.41, 5.74) is 2.70. The third-order valence-electron chi connectivity index (χ3n) is 6.06. The predicted molar refractivity (Wildman–Crippen MR) is 128 cm³/mol. The summed E-state index contributed by atoms with van der Waals surface area (Å²) in [4.78, 5) is 19.1. The smallest absolute Gasteiger partial charge is 0.271 e. The number of fused-ring (bicyclic) bond motifs is 4. The van der Waals surface area contributed by atoms with Crippen LogP contribution in [0.25, 0.3) is 37.4 Å². The molecule has 0 bridgehead atoms. The van der Waals surface area contributed by atoms with Crippen molar-refractivity contribution in [3.05, 3.63) is 63.9 Å². The first-order valence-electron chi connectivity index (χ1n) is 10.6. The summed E-state index contributed by atoms with van der Waals surface area (Å²) in [6.45, 7) is 0. The fraction of sp³-hybridized carbons (Fsp3) is 0.250. The Hall–Kier alpha value is -2.83. The monoisotopic (exact) mass is 449 g/mol. The first-order valence-corrected chi connectivity index (χ1v) is 11.8. The standard InChI is InChI=1S/C24H20ClN3O2S/c25-15-8-6-7-14(13-15)19-20-22(30-21(19)26-16-9-2-1-3-10-16)27-24-28(23(20)29)17-11-4-5-12-18(17)31-24/h4-8,11-13,16,26H,1-3,9-10H2. The summed E-state index contributed by atoms with van der Waals surface area (Å²) in [5, 5.41) is 4.68. The lowest BCUT2D eigenvalue weighted by Gasteiger charge is -2.23. The van der Waals surface area contributed by atoms with Gasteiger partial charge >= 0.3 is 0 Å². The highest BCUT2D eigenvalue weighted by molar-refractivity contribution is 7.23. The second-order valence-electron chi connectivity index (χ2n) is 8.08. The molecule has 1 N–H and O–H groups in total. The number of halogens is 1. The minimum absolute atomic E-state index is 0.118. The number of nitrogens with one attached hydrogen (secondary N) is 1. The van der Waals surface area contributed by atoms with Gasteiger partial charge in [0.1, 0.15) is 5.39 Å². The number of nitrogens with zero attached hydrogens (tertiary/aromatic N) is 2. The number of thiazole rings is 1. The number of furan rings is 1. The van der Waals surface area contributed by atoms with E-state index in [0.717, 1.165) is 34.2 Å². The normalized spacial score (nSPS) is 15.3. The van der Waals surface area contributed by atoms with Crippen LogP contribution in [0.5, 0.6) is 0 Å². The topological polar surface area (TPSA) is 59.5 Å². The van der Waals surface area contributed by atoms with Crippen LogP contribution in [0.2, 0.25) is 5.02 Å². The average Bonchev–Trinajstić information content (AvgIpc) is 3.32. The molecule has 1 aliphatic carbocycles. The van der Waals surface area contributed by atoms with Crippen LogP contribution in [0.4, 0.5) is 5.88 Å². The summed E-state index contributed by atoms with van der Waals surface area (Å²) in [7, 11) is 0. The molecule has 1 fully saturated rings. The van der Waals surface area contributed by atoms with Gasteiger partial charge in [0.15, 0.2) is 0 Å². The zero-order valence-electron chi connectivity index (χ0n) is 16.7. The Morgan fingerprint density at radius 2 is 1.94 bits per heavy atom. The highest BCUT2D eigenvalue weighted by Gasteiger charge is 2.25. The van der Waals surface area contributed by atoms with Gasteiger partial charge in [-0.15, -0.1) is 0 Å². The largest absolute Gasteiger partial charge is 0.421 e. The molecule has 2 aromatic carbocycles. The van der Waals surface area contributed by atoms with Crippen LogP contribution in [0, 0.1) is 0 Å². The van der Waals surface area contributed by atoms with Crippen LogP contribution < -0.4 is 10.9 Å². The van der Waals surface area contributed by atoms with Crippen molar-refractivity contribution in [3.63, 3.8) is 0 Å². The van der Waals surface area contributed by atoms with Gasteiger partial charge in [0.2, 0.25) is 16.6 Å². The molecule has 6 rings (SSSR count). The van der Waals surface area contributed by atoms with Crippen LogP contribution in [0.3, 0.4) is 0 Å². The molecule has 0 atom stereocenters. The molecule has 0 saturated heterocycles. The Kier molecular flexibility index (Phi) is 4.51. The molecule has 3 aromatic heterocycles. The molecule has 0 radical (unpaired) electrons. The van der Waals surface area contributed by atoms with Gasteiger partial charge in [0.25, 0.3) is 5.56 Å². The minimum atomic E-state index is -0.118. The first kappa shape index (κ1) is 18.9. The lowest BCUT2D eigenvalue weighted by Crippen LogP contribution is -2.22. The Balaban J connectivity index is 1.65. The quantitative estimate of drug-likeness (QED) is 0.332. The molecule has 0 amide bonds. The van der Waals surface area contributed by atoms with E-state index in [1.165, 1.54) is 30.6 Å². The van der Waals surface area contributed by atoms with Crippen molar-refractivity contribution in [1.82, 2.24) is 9.38 Å². The zero-order valence-corrected chi connectivity index (χ0v) is 18.3. The number of aromatic nitrogens is 2. The van der Waals surface area contributed by atoms with E-state index >= 15 is 0 Å². The van der Waals surface area contributed by atoms with E-state index in [2.05, 4.69) is 5.32 Å². The number of anilines is 1. The Labute approximate surface area is 187 Å². The highest BCUT2D eigenvalue weighted by atomic mass is 35.5. The summed E-state index contributed by atoms with van der Waals surface area (Å²) < 4.78 is 8.92. The van der Waals surface area contributed by atoms with Crippen LogP contribution in [0.15, 0.2) is 57.7 Å². The van der Waals surface area contributed by atoms with Crippen molar-refractivity contribution in [2.45, 2.75) is 38.1 Å². The van der Waals surface area contributed by atoms with E-state index in [4.69, 9.17) is 21.0 Å². The minimum Gasteiger partial charge on any atom is -0.421 e. The third-order valence-corrected chi connectivity index (χ3v) is 7.31. The van der Waals surface area contributed by atoms with E-state index < -0.39 is 0 Å². The van der Waals surface area contributed by atoms with Crippen LogP contribution in [-0.4, -0.2) is 15.4 Å². The average molecular weight is 450 g/mol. The molecular formula is C24H20ClN3O2S. The van der Waals surface area contributed by atoms with E-state index in [-0.39, 0.29) is 5.56 Å². The fourth-order valence-electron chi connectivity index (χ4n) is 4.59. The number of benzene rings is 2. The maximum Gasteiger partial charge on any atom is 0.271 e. The van der Waals surface area contributed by atoms with Crippen molar-refractivity contribution in [2.24, 2.45) is 0 Å². The lowest BCUT2D eigenvalue weighted by molar-refractivity contribution is 0.453. The Bertz CT molecular complexity index is 1490. The number of para-hydroxylation sites is 1. The van der Waals surface area contributed by atoms with Crippen molar-refractivity contribution >= 4 is 55.1 Å². The highest BCUT2D eigenvalue weighted by Crippen LogP contribution is 2.39. The zero-order chi connectivity index (χ0) is 20.9. The second-order valence-corrected chi connectivity index (χ2v) is 9.53. The molecule has 0 unspecified atom stereocenters.